The maximum absolute atomic E-state index is 5.96. The number of nitrogens with two attached hydrogens (primary N) is 1. The van der Waals surface area contributed by atoms with Crippen LogP contribution in [0.2, 0.25) is 5.02 Å². The smallest absolute Gasteiger partial charge is 0.144 e. The summed E-state index contributed by atoms with van der Waals surface area (Å²) in [5.41, 5.74) is 6.42. The van der Waals surface area contributed by atoms with E-state index >= 15 is 0 Å². The molecule has 1 aromatic carbocycles. The normalized spacial score (nSPS) is 21.1. The number of rotatable bonds is 3. The topological polar surface area (TPSA) is 38.5 Å². The SMILES string of the molecule is CC(C)N1CCC(Oc2cccc(Cl)c2N)C1. The third-order valence-corrected chi connectivity index (χ3v) is 3.54. The summed E-state index contributed by atoms with van der Waals surface area (Å²) >= 11 is 5.96. The van der Waals surface area contributed by atoms with E-state index in [1.54, 1.807) is 6.07 Å². The first-order valence-electron chi connectivity index (χ1n) is 6.02. The molecule has 0 amide bonds. The Hall–Kier alpha value is -0.930. The van der Waals surface area contributed by atoms with Gasteiger partial charge in [0, 0.05) is 19.1 Å². The molecular formula is C13H19ClN2O. The van der Waals surface area contributed by atoms with Gasteiger partial charge in [0.2, 0.25) is 0 Å². The van der Waals surface area contributed by atoms with Crippen molar-refractivity contribution in [3.63, 3.8) is 0 Å². The second-order valence-corrected chi connectivity index (χ2v) is 5.18. The zero-order chi connectivity index (χ0) is 12.4. The molecule has 0 bridgehead atoms. The first-order chi connectivity index (χ1) is 8.08. The number of hydrogen-bond acceptors (Lipinski definition) is 3. The average Bonchev–Trinajstić information content (AvgIpc) is 2.73. The van der Waals surface area contributed by atoms with E-state index in [-0.39, 0.29) is 6.10 Å². The van der Waals surface area contributed by atoms with Gasteiger partial charge in [0.25, 0.3) is 0 Å². The van der Waals surface area contributed by atoms with Gasteiger partial charge in [0.15, 0.2) is 0 Å². The predicted molar refractivity (Wildman–Crippen MR) is 71.6 cm³/mol. The first kappa shape index (κ1) is 12.5. The van der Waals surface area contributed by atoms with E-state index in [2.05, 4.69) is 18.7 Å². The molecular weight excluding hydrogens is 236 g/mol. The molecule has 94 valence electrons. The maximum Gasteiger partial charge on any atom is 0.144 e. The number of para-hydroxylation sites is 1. The van der Waals surface area contributed by atoms with E-state index in [4.69, 9.17) is 22.1 Å². The molecule has 0 aliphatic carbocycles. The van der Waals surface area contributed by atoms with E-state index in [0.717, 1.165) is 19.5 Å². The summed E-state index contributed by atoms with van der Waals surface area (Å²) in [5.74, 6) is 0.702. The summed E-state index contributed by atoms with van der Waals surface area (Å²) in [6.07, 6.45) is 1.27. The summed E-state index contributed by atoms with van der Waals surface area (Å²) in [6.45, 7) is 6.46. The highest BCUT2D eigenvalue weighted by Gasteiger charge is 2.26. The monoisotopic (exact) mass is 254 g/mol. The molecule has 1 unspecified atom stereocenters. The van der Waals surface area contributed by atoms with Gasteiger partial charge in [-0.1, -0.05) is 17.7 Å². The van der Waals surface area contributed by atoms with Gasteiger partial charge < -0.3 is 10.5 Å². The summed E-state index contributed by atoms with van der Waals surface area (Å²) in [4.78, 5) is 2.41. The van der Waals surface area contributed by atoms with Crippen LogP contribution in [0.25, 0.3) is 0 Å². The number of nitrogens with zero attached hydrogens (tertiary/aromatic N) is 1. The largest absolute Gasteiger partial charge is 0.487 e. The van der Waals surface area contributed by atoms with Gasteiger partial charge in [-0.15, -0.1) is 0 Å². The van der Waals surface area contributed by atoms with Crippen molar-refractivity contribution < 1.29 is 4.74 Å². The summed E-state index contributed by atoms with van der Waals surface area (Å²) in [5, 5.41) is 0.557. The molecule has 4 heteroatoms. The standard InChI is InChI=1S/C13H19ClN2O/c1-9(2)16-7-6-10(8-16)17-12-5-3-4-11(14)13(12)15/h3-5,9-10H,6-8,15H2,1-2H3. The molecule has 0 radical (unpaired) electrons. The second kappa shape index (κ2) is 5.15. The van der Waals surface area contributed by atoms with Gasteiger partial charge in [0.05, 0.1) is 10.7 Å². The van der Waals surface area contributed by atoms with Gasteiger partial charge in [-0.05, 0) is 32.4 Å². The van der Waals surface area contributed by atoms with Crippen LogP contribution in [0.5, 0.6) is 5.75 Å². The van der Waals surface area contributed by atoms with E-state index < -0.39 is 0 Å². The van der Waals surface area contributed by atoms with E-state index in [0.29, 0.717) is 22.5 Å². The van der Waals surface area contributed by atoms with Crippen molar-refractivity contribution >= 4 is 17.3 Å². The van der Waals surface area contributed by atoms with Crippen LogP contribution < -0.4 is 10.5 Å². The van der Waals surface area contributed by atoms with Gasteiger partial charge in [-0.3, -0.25) is 4.90 Å². The lowest BCUT2D eigenvalue weighted by Crippen LogP contribution is -2.30. The molecule has 1 fully saturated rings. The van der Waals surface area contributed by atoms with Crippen LogP contribution in [0.4, 0.5) is 5.69 Å². The Morgan fingerprint density at radius 1 is 1.47 bits per heavy atom. The third-order valence-electron chi connectivity index (χ3n) is 3.21. The molecule has 2 rings (SSSR count). The third kappa shape index (κ3) is 2.85. The summed E-state index contributed by atoms with van der Waals surface area (Å²) < 4.78 is 5.92. The second-order valence-electron chi connectivity index (χ2n) is 4.77. The Balaban J connectivity index is 2.00. The number of likely N-dealkylation sites (tertiary alicyclic amines) is 1. The van der Waals surface area contributed by atoms with Crippen molar-refractivity contribution in [2.24, 2.45) is 0 Å². The lowest BCUT2D eigenvalue weighted by molar-refractivity contribution is 0.188. The maximum atomic E-state index is 5.96. The highest BCUT2D eigenvalue weighted by atomic mass is 35.5. The minimum Gasteiger partial charge on any atom is -0.487 e. The fraction of sp³-hybridized carbons (Fsp3) is 0.538. The average molecular weight is 255 g/mol. The van der Waals surface area contributed by atoms with Crippen LogP contribution >= 0.6 is 11.6 Å². The molecule has 1 atom stereocenters. The molecule has 1 heterocycles. The van der Waals surface area contributed by atoms with Crippen LogP contribution in [0.15, 0.2) is 18.2 Å². The van der Waals surface area contributed by atoms with Crippen molar-refractivity contribution in [3.05, 3.63) is 23.2 Å². The van der Waals surface area contributed by atoms with Gasteiger partial charge in [-0.25, -0.2) is 0 Å². The molecule has 2 N–H and O–H groups in total. The van der Waals surface area contributed by atoms with Crippen LogP contribution in [0, 0.1) is 0 Å². The molecule has 17 heavy (non-hydrogen) atoms. The molecule has 0 aromatic heterocycles. The van der Waals surface area contributed by atoms with Crippen molar-refractivity contribution in [2.45, 2.75) is 32.4 Å². The van der Waals surface area contributed by atoms with Gasteiger partial charge in [0.1, 0.15) is 11.9 Å². The highest BCUT2D eigenvalue weighted by molar-refractivity contribution is 6.33. The number of halogens is 1. The Bertz CT molecular complexity index is 395. The number of nitrogen functional groups attached to an aromatic ring is 1. The zero-order valence-corrected chi connectivity index (χ0v) is 11.1. The minimum absolute atomic E-state index is 0.221. The number of benzene rings is 1. The number of hydrogen-bond donors (Lipinski definition) is 1. The minimum atomic E-state index is 0.221. The Morgan fingerprint density at radius 2 is 2.24 bits per heavy atom. The molecule has 1 aliphatic heterocycles. The van der Waals surface area contributed by atoms with E-state index in [1.165, 1.54) is 0 Å². The Kier molecular flexibility index (Phi) is 3.79. The molecule has 0 spiro atoms. The van der Waals surface area contributed by atoms with Crippen LogP contribution in [-0.4, -0.2) is 30.1 Å². The van der Waals surface area contributed by atoms with Gasteiger partial charge >= 0.3 is 0 Å². The van der Waals surface area contributed by atoms with E-state index in [1.807, 2.05) is 12.1 Å². The fourth-order valence-corrected chi connectivity index (χ4v) is 2.28. The highest BCUT2D eigenvalue weighted by Crippen LogP contribution is 2.31. The first-order valence-corrected chi connectivity index (χ1v) is 6.40. The number of anilines is 1. The van der Waals surface area contributed by atoms with Crippen molar-refractivity contribution in [1.82, 2.24) is 4.90 Å². The molecule has 3 nitrogen and oxygen atoms in total. The molecule has 1 aliphatic rings. The summed E-state index contributed by atoms with van der Waals surface area (Å²) in [6, 6.07) is 6.08. The molecule has 1 aromatic rings. The number of ether oxygens (including phenoxy) is 1. The molecule has 1 saturated heterocycles. The van der Waals surface area contributed by atoms with Crippen LogP contribution in [0.1, 0.15) is 20.3 Å². The fourth-order valence-electron chi connectivity index (χ4n) is 2.12. The Morgan fingerprint density at radius 3 is 2.88 bits per heavy atom. The van der Waals surface area contributed by atoms with Crippen molar-refractivity contribution in [3.8, 4) is 5.75 Å². The van der Waals surface area contributed by atoms with Crippen LogP contribution in [-0.2, 0) is 0 Å². The summed E-state index contributed by atoms with van der Waals surface area (Å²) in [7, 11) is 0. The predicted octanol–water partition coefficient (Wildman–Crippen LogP) is 2.78. The van der Waals surface area contributed by atoms with E-state index in [9.17, 15) is 0 Å². The van der Waals surface area contributed by atoms with Crippen LogP contribution in [0.3, 0.4) is 0 Å². The van der Waals surface area contributed by atoms with Crippen molar-refractivity contribution in [1.29, 1.82) is 0 Å². The molecule has 0 saturated carbocycles. The lowest BCUT2D eigenvalue weighted by atomic mass is 10.2. The zero-order valence-electron chi connectivity index (χ0n) is 10.3. The lowest BCUT2D eigenvalue weighted by Gasteiger charge is -2.20. The van der Waals surface area contributed by atoms with Crippen molar-refractivity contribution in [2.75, 3.05) is 18.8 Å². The quantitative estimate of drug-likeness (QED) is 0.843. The van der Waals surface area contributed by atoms with Gasteiger partial charge in [-0.2, -0.15) is 0 Å². The Labute approximate surface area is 107 Å².